The van der Waals surface area contributed by atoms with E-state index in [0.717, 1.165) is 0 Å². The van der Waals surface area contributed by atoms with Gasteiger partial charge in [0, 0.05) is 39.1 Å². The van der Waals surface area contributed by atoms with Crippen LogP contribution in [0.25, 0.3) is 0 Å². The van der Waals surface area contributed by atoms with E-state index >= 15 is 0 Å². The highest BCUT2D eigenvalue weighted by atomic mass is 35.5. The number of hydrogen-bond donors (Lipinski definition) is 1. The first-order valence-corrected chi connectivity index (χ1v) is 7.94. The number of nitrogens with one attached hydrogen (secondary N) is 1. The van der Waals surface area contributed by atoms with Crippen LogP contribution in [0, 0.1) is 0 Å². The predicted molar refractivity (Wildman–Crippen MR) is 83.6 cm³/mol. The minimum Gasteiger partial charge on any atom is -0.378 e. The maximum Gasteiger partial charge on any atom is 0.274 e. The van der Waals surface area contributed by atoms with Crippen molar-refractivity contribution in [1.82, 2.24) is 20.2 Å². The summed E-state index contributed by atoms with van der Waals surface area (Å²) < 4.78 is 5.30. The fourth-order valence-electron chi connectivity index (χ4n) is 2.54. The zero-order valence-electron chi connectivity index (χ0n) is 12.6. The Morgan fingerprint density at radius 2 is 2.04 bits per heavy atom. The van der Waals surface area contributed by atoms with Crippen molar-refractivity contribution in [3.63, 3.8) is 0 Å². The topological polar surface area (TPSA) is 87.7 Å². The quantitative estimate of drug-likeness (QED) is 0.811. The summed E-state index contributed by atoms with van der Waals surface area (Å²) in [6.07, 6.45) is 1.73. The average Bonchev–Trinajstić information content (AvgIpc) is 2.80. The fourth-order valence-corrected chi connectivity index (χ4v) is 2.72. The summed E-state index contributed by atoms with van der Waals surface area (Å²) in [6.45, 7) is 3.80. The Morgan fingerprint density at radius 1 is 1.26 bits per heavy atom. The van der Waals surface area contributed by atoms with E-state index < -0.39 is 0 Å². The lowest BCUT2D eigenvalue weighted by molar-refractivity contribution is -0.120. The number of carbonyl (C=O) groups is 2. The van der Waals surface area contributed by atoms with Crippen LogP contribution in [-0.2, 0) is 9.53 Å². The summed E-state index contributed by atoms with van der Waals surface area (Å²) in [6, 6.07) is 0. The van der Waals surface area contributed by atoms with Crippen LogP contribution >= 0.6 is 11.6 Å². The summed E-state index contributed by atoms with van der Waals surface area (Å²) in [5.41, 5.74) is 0.178. The van der Waals surface area contributed by atoms with Crippen molar-refractivity contribution in [2.45, 2.75) is 6.42 Å². The number of rotatable bonds is 2. The zero-order valence-corrected chi connectivity index (χ0v) is 13.4. The lowest BCUT2D eigenvalue weighted by Crippen LogP contribution is -2.38. The van der Waals surface area contributed by atoms with Crippen molar-refractivity contribution in [3.8, 4) is 0 Å². The zero-order chi connectivity index (χ0) is 16.2. The molecule has 23 heavy (non-hydrogen) atoms. The molecule has 2 aliphatic heterocycles. The van der Waals surface area contributed by atoms with Crippen molar-refractivity contribution in [1.29, 1.82) is 0 Å². The lowest BCUT2D eigenvalue weighted by Gasteiger charge is -2.27. The van der Waals surface area contributed by atoms with Crippen molar-refractivity contribution in [3.05, 3.63) is 16.9 Å². The second-order valence-electron chi connectivity index (χ2n) is 5.36. The Kier molecular flexibility index (Phi) is 4.92. The molecule has 0 bridgehead atoms. The van der Waals surface area contributed by atoms with Crippen molar-refractivity contribution in [2.75, 3.05) is 50.8 Å². The van der Waals surface area contributed by atoms with E-state index in [1.54, 1.807) is 4.90 Å². The first-order valence-electron chi connectivity index (χ1n) is 7.56. The molecule has 3 heterocycles. The van der Waals surface area contributed by atoms with Crippen LogP contribution in [0.2, 0.25) is 5.02 Å². The molecule has 0 unspecified atom stereocenters. The molecule has 2 amide bonds. The molecular formula is C14H18ClN5O3. The molecule has 124 valence electrons. The molecule has 2 aliphatic rings. The number of amides is 2. The summed E-state index contributed by atoms with van der Waals surface area (Å²) >= 11 is 6.12. The third-order valence-electron chi connectivity index (χ3n) is 3.83. The molecule has 0 atom stereocenters. The normalized spacial score (nSPS) is 19.3. The molecule has 9 heteroatoms. The van der Waals surface area contributed by atoms with E-state index in [1.165, 1.54) is 6.20 Å². The molecule has 1 aromatic rings. The second kappa shape index (κ2) is 7.10. The van der Waals surface area contributed by atoms with Gasteiger partial charge in [0.1, 0.15) is 0 Å². The highest BCUT2D eigenvalue weighted by Crippen LogP contribution is 2.19. The van der Waals surface area contributed by atoms with Gasteiger partial charge in [0.25, 0.3) is 5.91 Å². The lowest BCUT2D eigenvalue weighted by atomic mass is 10.3. The number of aromatic nitrogens is 2. The van der Waals surface area contributed by atoms with Crippen molar-refractivity contribution < 1.29 is 14.3 Å². The summed E-state index contributed by atoms with van der Waals surface area (Å²) in [5.74, 6) is 0.150. The molecule has 0 saturated carbocycles. The minimum absolute atomic E-state index is 0.0527. The third kappa shape index (κ3) is 3.70. The van der Waals surface area contributed by atoms with Gasteiger partial charge in [-0.2, -0.15) is 0 Å². The monoisotopic (exact) mass is 339 g/mol. The molecule has 0 radical (unpaired) electrons. The van der Waals surface area contributed by atoms with Gasteiger partial charge in [-0.1, -0.05) is 11.6 Å². The minimum atomic E-state index is -0.275. The molecule has 0 aromatic carbocycles. The van der Waals surface area contributed by atoms with Gasteiger partial charge in [-0.25, -0.2) is 9.97 Å². The second-order valence-corrected chi connectivity index (χ2v) is 5.77. The molecule has 2 saturated heterocycles. The fraction of sp³-hybridized carbons (Fsp3) is 0.571. The van der Waals surface area contributed by atoms with E-state index in [1.807, 2.05) is 4.90 Å². The highest BCUT2D eigenvalue weighted by Gasteiger charge is 2.25. The van der Waals surface area contributed by atoms with Crippen LogP contribution < -0.4 is 10.2 Å². The number of carbonyl (C=O) groups excluding carboxylic acids is 2. The van der Waals surface area contributed by atoms with Gasteiger partial charge in [0.15, 0.2) is 5.69 Å². The van der Waals surface area contributed by atoms with Crippen molar-refractivity contribution in [2.24, 2.45) is 0 Å². The Bertz CT molecular complexity index is 606. The Hall–Kier alpha value is -1.93. The van der Waals surface area contributed by atoms with Gasteiger partial charge in [-0.3, -0.25) is 9.59 Å². The number of hydrogen-bond acceptors (Lipinski definition) is 6. The van der Waals surface area contributed by atoms with Gasteiger partial charge in [-0.15, -0.1) is 0 Å². The molecule has 0 aliphatic carbocycles. The first kappa shape index (κ1) is 15.9. The third-order valence-corrected chi connectivity index (χ3v) is 4.10. The van der Waals surface area contributed by atoms with Crippen LogP contribution in [0.15, 0.2) is 6.20 Å². The SMILES string of the molecule is O=C1CCN(C(=O)c2nc(N3CCOCC3)ncc2Cl)CCN1. The molecule has 1 N–H and O–H groups in total. The molecule has 2 fully saturated rings. The van der Waals surface area contributed by atoms with Crippen molar-refractivity contribution >= 4 is 29.4 Å². The van der Waals surface area contributed by atoms with E-state index in [4.69, 9.17) is 16.3 Å². The molecule has 1 aromatic heterocycles. The largest absolute Gasteiger partial charge is 0.378 e. The Balaban J connectivity index is 1.80. The predicted octanol–water partition coefficient (Wildman–Crippen LogP) is -0.0713. The highest BCUT2D eigenvalue weighted by molar-refractivity contribution is 6.33. The van der Waals surface area contributed by atoms with E-state index in [2.05, 4.69) is 15.3 Å². The summed E-state index contributed by atoms with van der Waals surface area (Å²) in [7, 11) is 0. The summed E-state index contributed by atoms with van der Waals surface area (Å²) in [4.78, 5) is 36.2. The smallest absolute Gasteiger partial charge is 0.274 e. The molecule has 8 nitrogen and oxygen atoms in total. The van der Waals surface area contributed by atoms with Crippen LogP contribution in [0.4, 0.5) is 5.95 Å². The molecule has 0 spiro atoms. The van der Waals surface area contributed by atoms with Gasteiger partial charge < -0.3 is 19.9 Å². The van der Waals surface area contributed by atoms with Crippen LogP contribution in [-0.4, -0.2) is 72.6 Å². The maximum atomic E-state index is 12.7. The summed E-state index contributed by atoms with van der Waals surface area (Å²) in [5, 5.41) is 2.96. The van der Waals surface area contributed by atoms with Gasteiger partial charge >= 0.3 is 0 Å². The average molecular weight is 340 g/mol. The number of nitrogens with zero attached hydrogens (tertiary/aromatic N) is 4. The maximum absolute atomic E-state index is 12.7. The van der Waals surface area contributed by atoms with E-state index in [0.29, 0.717) is 51.9 Å². The Labute approximate surface area is 138 Å². The Morgan fingerprint density at radius 3 is 2.83 bits per heavy atom. The van der Waals surface area contributed by atoms with Gasteiger partial charge in [-0.05, 0) is 0 Å². The van der Waals surface area contributed by atoms with Crippen LogP contribution in [0.1, 0.15) is 16.9 Å². The van der Waals surface area contributed by atoms with E-state index in [-0.39, 0.29) is 29.0 Å². The van der Waals surface area contributed by atoms with E-state index in [9.17, 15) is 9.59 Å². The number of halogens is 1. The number of anilines is 1. The van der Waals surface area contributed by atoms with Gasteiger partial charge in [0.2, 0.25) is 11.9 Å². The van der Waals surface area contributed by atoms with Gasteiger partial charge in [0.05, 0.1) is 24.4 Å². The number of morpholine rings is 1. The van der Waals surface area contributed by atoms with Crippen LogP contribution in [0.3, 0.4) is 0 Å². The number of ether oxygens (including phenoxy) is 1. The first-order chi connectivity index (χ1) is 11.1. The van der Waals surface area contributed by atoms with Crippen LogP contribution in [0.5, 0.6) is 0 Å². The molecular weight excluding hydrogens is 322 g/mol. The standard InChI is InChI=1S/C14H18ClN5O3/c15-10-9-17-14(20-5-7-23-8-6-20)18-12(10)13(22)19-3-1-11(21)16-2-4-19/h9H,1-8H2,(H,16,21). The molecule has 3 rings (SSSR count).